The van der Waals surface area contributed by atoms with Crippen molar-refractivity contribution in [2.75, 3.05) is 40.0 Å². The summed E-state index contributed by atoms with van der Waals surface area (Å²) in [5.74, 6) is 1.97. The molecule has 2 unspecified atom stereocenters. The molecule has 1 fully saturated rings. The third kappa shape index (κ3) is 9.25. The fraction of sp³-hybridized carbons (Fsp3) is 0.667. The van der Waals surface area contributed by atoms with Crippen LogP contribution in [0.15, 0.2) is 35.3 Å². The van der Waals surface area contributed by atoms with Gasteiger partial charge in [0.1, 0.15) is 0 Å². The Hall–Kier alpha value is -0.860. The van der Waals surface area contributed by atoms with Gasteiger partial charge in [0.25, 0.3) is 0 Å². The van der Waals surface area contributed by atoms with Crippen LogP contribution in [0.5, 0.6) is 0 Å². The van der Waals surface area contributed by atoms with E-state index in [9.17, 15) is 0 Å². The molecule has 0 saturated carbocycles. The number of guanidine groups is 1. The summed E-state index contributed by atoms with van der Waals surface area (Å²) in [5, 5.41) is 6.78. The zero-order valence-corrected chi connectivity index (χ0v) is 19.3. The van der Waals surface area contributed by atoms with Gasteiger partial charge in [-0.1, -0.05) is 44.2 Å². The van der Waals surface area contributed by atoms with Gasteiger partial charge in [0, 0.05) is 39.3 Å². The van der Waals surface area contributed by atoms with E-state index in [0.29, 0.717) is 18.4 Å². The molecule has 0 aromatic heterocycles. The Bertz CT molecular complexity index is 525. The first-order valence-electron chi connectivity index (χ1n) is 9.89. The molecule has 1 aliphatic rings. The first kappa shape index (κ1) is 24.2. The van der Waals surface area contributed by atoms with Gasteiger partial charge in [-0.2, -0.15) is 0 Å². The number of rotatable bonds is 9. The fourth-order valence-corrected chi connectivity index (χ4v) is 3.17. The Morgan fingerprint density at radius 2 is 2.00 bits per heavy atom. The summed E-state index contributed by atoms with van der Waals surface area (Å²) in [7, 11) is 1.81. The average molecular weight is 489 g/mol. The van der Waals surface area contributed by atoms with E-state index in [2.05, 4.69) is 59.8 Å². The molecule has 0 bridgehead atoms. The number of halogens is 1. The minimum absolute atomic E-state index is 0. The number of aliphatic imine (C=N–C) groups is 1. The van der Waals surface area contributed by atoms with E-state index in [4.69, 9.17) is 9.47 Å². The van der Waals surface area contributed by atoms with Gasteiger partial charge in [0.15, 0.2) is 5.96 Å². The lowest BCUT2D eigenvalue weighted by Crippen LogP contribution is -2.43. The van der Waals surface area contributed by atoms with Crippen LogP contribution in [0.1, 0.15) is 44.8 Å². The molecule has 0 aliphatic carbocycles. The van der Waals surface area contributed by atoms with Crippen molar-refractivity contribution < 1.29 is 9.47 Å². The Kier molecular flexibility index (Phi) is 12.7. The number of nitrogens with one attached hydrogen (secondary N) is 2. The molecule has 2 atom stereocenters. The summed E-state index contributed by atoms with van der Waals surface area (Å²) in [6.07, 6.45) is 3.55. The van der Waals surface area contributed by atoms with E-state index in [1.807, 2.05) is 0 Å². The highest BCUT2D eigenvalue weighted by molar-refractivity contribution is 14.0. The van der Waals surface area contributed by atoms with Crippen LogP contribution in [0, 0.1) is 11.8 Å². The zero-order chi connectivity index (χ0) is 18.6. The summed E-state index contributed by atoms with van der Waals surface area (Å²) in [5.41, 5.74) is 1.26. The number of hydrogen-bond acceptors (Lipinski definition) is 3. The molecule has 2 rings (SSSR count). The largest absolute Gasteiger partial charge is 0.380 e. The molecule has 1 aromatic carbocycles. The van der Waals surface area contributed by atoms with Gasteiger partial charge in [-0.25, -0.2) is 0 Å². The second-order valence-corrected chi connectivity index (χ2v) is 7.28. The van der Waals surface area contributed by atoms with Crippen LogP contribution < -0.4 is 10.6 Å². The van der Waals surface area contributed by atoms with E-state index in [-0.39, 0.29) is 30.1 Å². The maximum atomic E-state index is 6.07. The SMILES string of the molecule is CN=C(NCCOCCC(C)C)NCC1CCCOC1c1ccccc1.I. The molecule has 1 heterocycles. The van der Waals surface area contributed by atoms with Gasteiger partial charge in [-0.15, -0.1) is 24.0 Å². The van der Waals surface area contributed by atoms with Crippen LogP contribution in [0.25, 0.3) is 0 Å². The van der Waals surface area contributed by atoms with Gasteiger partial charge in [0.2, 0.25) is 0 Å². The first-order chi connectivity index (χ1) is 12.7. The molecule has 154 valence electrons. The van der Waals surface area contributed by atoms with E-state index in [0.717, 1.165) is 45.1 Å². The monoisotopic (exact) mass is 489 g/mol. The van der Waals surface area contributed by atoms with E-state index >= 15 is 0 Å². The van der Waals surface area contributed by atoms with Gasteiger partial charge in [-0.05, 0) is 30.7 Å². The molecule has 1 aliphatic heterocycles. The van der Waals surface area contributed by atoms with Crippen molar-refractivity contribution in [3.05, 3.63) is 35.9 Å². The molecule has 0 radical (unpaired) electrons. The zero-order valence-electron chi connectivity index (χ0n) is 16.9. The van der Waals surface area contributed by atoms with Crippen LogP contribution in [0.2, 0.25) is 0 Å². The molecular weight excluding hydrogens is 453 g/mol. The summed E-state index contributed by atoms with van der Waals surface area (Å²) in [4.78, 5) is 4.31. The van der Waals surface area contributed by atoms with Gasteiger partial charge >= 0.3 is 0 Å². The maximum Gasteiger partial charge on any atom is 0.191 e. The Morgan fingerprint density at radius 3 is 2.70 bits per heavy atom. The van der Waals surface area contributed by atoms with Crippen molar-refractivity contribution >= 4 is 29.9 Å². The minimum atomic E-state index is 0. The van der Waals surface area contributed by atoms with E-state index in [1.165, 1.54) is 12.0 Å². The lowest BCUT2D eigenvalue weighted by Gasteiger charge is -2.32. The Morgan fingerprint density at radius 1 is 1.22 bits per heavy atom. The number of benzene rings is 1. The highest BCUT2D eigenvalue weighted by atomic mass is 127. The quantitative estimate of drug-likeness (QED) is 0.238. The third-order valence-electron chi connectivity index (χ3n) is 4.71. The topological polar surface area (TPSA) is 54.9 Å². The van der Waals surface area contributed by atoms with Crippen molar-refractivity contribution in [1.82, 2.24) is 10.6 Å². The molecule has 5 nitrogen and oxygen atoms in total. The van der Waals surface area contributed by atoms with Crippen molar-refractivity contribution in [3.63, 3.8) is 0 Å². The molecule has 2 N–H and O–H groups in total. The molecule has 6 heteroatoms. The second-order valence-electron chi connectivity index (χ2n) is 7.28. The van der Waals surface area contributed by atoms with Crippen LogP contribution in [0.4, 0.5) is 0 Å². The van der Waals surface area contributed by atoms with Gasteiger partial charge in [0.05, 0.1) is 12.7 Å². The lowest BCUT2D eigenvalue weighted by atomic mass is 9.89. The summed E-state index contributed by atoms with van der Waals surface area (Å²) in [6, 6.07) is 10.5. The third-order valence-corrected chi connectivity index (χ3v) is 4.71. The summed E-state index contributed by atoms with van der Waals surface area (Å²) >= 11 is 0. The highest BCUT2D eigenvalue weighted by Crippen LogP contribution is 2.32. The minimum Gasteiger partial charge on any atom is -0.380 e. The van der Waals surface area contributed by atoms with Crippen LogP contribution in [-0.2, 0) is 9.47 Å². The second kappa shape index (κ2) is 14.2. The van der Waals surface area contributed by atoms with Crippen LogP contribution in [-0.4, -0.2) is 45.9 Å². The summed E-state index contributed by atoms with van der Waals surface area (Å²) < 4.78 is 11.7. The molecule has 1 saturated heterocycles. The van der Waals surface area contributed by atoms with E-state index < -0.39 is 0 Å². The highest BCUT2D eigenvalue weighted by Gasteiger charge is 2.27. The molecule has 0 spiro atoms. The van der Waals surface area contributed by atoms with Crippen molar-refractivity contribution in [2.24, 2.45) is 16.8 Å². The maximum absolute atomic E-state index is 6.07. The van der Waals surface area contributed by atoms with E-state index in [1.54, 1.807) is 7.05 Å². The van der Waals surface area contributed by atoms with Crippen molar-refractivity contribution in [2.45, 2.75) is 39.2 Å². The van der Waals surface area contributed by atoms with Gasteiger partial charge < -0.3 is 20.1 Å². The smallest absolute Gasteiger partial charge is 0.191 e. The molecule has 0 amide bonds. The van der Waals surface area contributed by atoms with Crippen LogP contribution >= 0.6 is 24.0 Å². The average Bonchev–Trinajstić information content (AvgIpc) is 2.67. The molecular formula is C21H36IN3O2. The van der Waals surface area contributed by atoms with Gasteiger partial charge in [-0.3, -0.25) is 4.99 Å². The Labute approximate surface area is 181 Å². The fourth-order valence-electron chi connectivity index (χ4n) is 3.17. The lowest BCUT2D eigenvalue weighted by molar-refractivity contribution is -0.0265. The number of ether oxygens (including phenoxy) is 2. The molecule has 27 heavy (non-hydrogen) atoms. The summed E-state index contributed by atoms with van der Waals surface area (Å²) in [6.45, 7) is 8.41. The first-order valence-corrected chi connectivity index (χ1v) is 9.89. The Balaban J connectivity index is 0.00000364. The standard InChI is InChI=1S/C21H35N3O2.HI/c1-17(2)11-14-25-15-12-23-21(22-3)24-16-19-10-7-13-26-20(19)18-8-5-4-6-9-18;/h4-6,8-9,17,19-20H,7,10-16H2,1-3H3,(H2,22,23,24);1H. The van der Waals surface area contributed by atoms with Crippen molar-refractivity contribution in [1.29, 1.82) is 0 Å². The van der Waals surface area contributed by atoms with Crippen LogP contribution in [0.3, 0.4) is 0 Å². The normalized spacial score (nSPS) is 20.2. The predicted octanol–water partition coefficient (Wildman–Crippen LogP) is 4.00. The number of nitrogens with zero attached hydrogens (tertiary/aromatic N) is 1. The number of hydrogen-bond donors (Lipinski definition) is 2. The predicted molar refractivity (Wildman–Crippen MR) is 123 cm³/mol. The molecule has 1 aromatic rings. The van der Waals surface area contributed by atoms with Crippen molar-refractivity contribution in [3.8, 4) is 0 Å².